The Morgan fingerprint density at radius 3 is 2.39 bits per heavy atom. The summed E-state index contributed by atoms with van der Waals surface area (Å²) in [5.41, 5.74) is 2.93. The maximum atomic E-state index is 12.9. The second kappa shape index (κ2) is 8.49. The molecule has 5 aliphatic rings. The molecule has 0 saturated carbocycles. The summed E-state index contributed by atoms with van der Waals surface area (Å²) >= 11 is 0. The largest absolute Gasteiger partial charge is 0.322 e. The van der Waals surface area contributed by atoms with Crippen LogP contribution < -0.4 is 10.6 Å². The normalized spacial score (nSPS) is 31.2. The topological polar surface area (TPSA) is 85.0 Å². The quantitative estimate of drug-likeness (QED) is 0.661. The van der Waals surface area contributed by atoms with Crippen molar-refractivity contribution in [3.8, 4) is 0 Å². The van der Waals surface area contributed by atoms with Gasteiger partial charge in [0, 0.05) is 56.3 Å². The van der Waals surface area contributed by atoms with Crippen LogP contribution in [0.25, 0.3) is 0 Å². The van der Waals surface area contributed by atoms with Crippen LogP contribution in [-0.4, -0.2) is 82.8 Å². The van der Waals surface area contributed by atoms with Gasteiger partial charge in [-0.25, -0.2) is 0 Å². The first-order chi connectivity index (χ1) is 16.1. The number of piperidine rings is 2. The fraction of sp³-hybridized carbons (Fsp3) is 0.640. The molecule has 33 heavy (non-hydrogen) atoms. The molecule has 3 unspecified atom stereocenters. The highest BCUT2D eigenvalue weighted by molar-refractivity contribution is 6.05. The lowest BCUT2D eigenvalue weighted by Crippen LogP contribution is -2.58. The van der Waals surface area contributed by atoms with Crippen molar-refractivity contribution >= 4 is 17.7 Å². The zero-order chi connectivity index (χ0) is 22.5. The van der Waals surface area contributed by atoms with Gasteiger partial charge in [0.2, 0.25) is 11.8 Å². The molecule has 1 aromatic carbocycles. The van der Waals surface area contributed by atoms with E-state index in [-0.39, 0.29) is 24.1 Å². The Morgan fingerprint density at radius 1 is 0.909 bits per heavy atom. The number of carbonyl (C=O) groups excluding carboxylic acids is 3. The molecule has 2 N–H and O–H groups in total. The number of nitrogens with one attached hydrogen (secondary N) is 2. The summed E-state index contributed by atoms with van der Waals surface area (Å²) in [6.07, 6.45) is 5.86. The van der Waals surface area contributed by atoms with Crippen LogP contribution in [0, 0.1) is 0 Å². The van der Waals surface area contributed by atoms with E-state index in [2.05, 4.69) is 32.6 Å². The average molecular weight is 452 g/mol. The lowest BCUT2D eigenvalue weighted by molar-refractivity contribution is -0.136. The van der Waals surface area contributed by atoms with Crippen molar-refractivity contribution in [3.63, 3.8) is 0 Å². The molecule has 4 fully saturated rings. The van der Waals surface area contributed by atoms with Crippen LogP contribution in [0.1, 0.15) is 60.0 Å². The fourth-order valence-electron chi connectivity index (χ4n) is 6.84. The van der Waals surface area contributed by atoms with Crippen molar-refractivity contribution in [3.05, 3.63) is 34.9 Å². The number of piperazine rings is 1. The molecule has 0 spiro atoms. The molecule has 8 nitrogen and oxygen atoms in total. The molecule has 0 aliphatic carbocycles. The molecule has 2 bridgehead atoms. The summed E-state index contributed by atoms with van der Waals surface area (Å²) in [4.78, 5) is 43.8. The second-order valence-corrected chi connectivity index (χ2v) is 10.4. The van der Waals surface area contributed by atoms with Crippen molar-refractivity contribution in [2.45, 2.75) is 75.8 Å². The molecule has 176 valence electrons. The molecule has 0 aromatic heterocycles. The van der Waals surface area contributed by atoms with Gasteiger partial charge in [0.05, 0.1) is 0 Å². The molecule has 3 amide bonds. The Kier molecular flexibility index (Phi) is 5.47. The van der Waals surface area contributed by atoms with E-state index in [1.165, 1.54) is 31.2 Å². The lowest BCUT2D eigenvalue weighted by Gasteiger charge is -2.46. The van der Waals surface area contributed by atoms with Crippen LogP contribution in [0.4, 0.5) is 0 Å². The first kappa shape index (κ1) is 21.3. The highest BCUT2D eigenvalue weighted by atomic mass is 16.2. The van der Waals surface area contributed by atoms with Gasteiger partial charge in [0.1, 0.15) is 6.04 Å². The molecule has 4 saturated heterocycles. The van der Waals surface area contributed by atoms with Gasteiger partial charge in [-0.05, 0) is 62.4 Å². The maximum absolute atomic E-state index is 12.9. The van der Waals surface area contributed by atoms with Gasteiger partial charge in [-0.15, -0.1) is 0 Å². The number of benzene rings is 1. The van der Waals surface area contributed by atoms with Crippen LogP contribution in [0.3, 0.4) is 0 Å². The van der Waals surface area contributed by atoms with Crippen molar-refractivity contribution in [1.82, 2.24) is 25.3 Å². The Labute approximate surface area is 194 Å². The number of nitrogens with zero attached hydrogens (tertiary/aromatic N) is 3. The van der Waals surface area contributed by atoms with E-state index < -0.39 is 6.04 Å². The van der Waals surface area contributed by atoms with Crippen LogP contribution in [0.5, 0.6) is 0 Å². The average Bonchev–Trinajstić information content (AvgIpc) is 3.27. The third-order valence-electron chi connectivity index (χ3n) is 8.34. The molecular weight excluding hydrogens is 418 g/mol. The molecule has 5 aliphatic heterocycles. The number of hydrogen-bond donors (Lipinski definition) is 2. The Morgan fingerprint density at radius 2 is 1.67 bits per heavy atom. The van der Waals surface area contributed by atoms with E-state index in [1.54, 1.807) is 4.90 Å². The summed E-state index contributed by atoms with van der Waals surface area (Å²) in [6.45, 7) is 5.90. The van der Waals surface area contributed by atoms with Crippen molar-refractivity contribution in [2.75, 3.05) is 26.2 Å². The summed E-state index contributed by atoms with van der Waals surface area (Å²) in [5.74, 6) is -0.702. The number of rotatable bonds is 4. The van der Waals surface area contributed by atoms with Gasteiger partial charge in [-0.2, -0.15) is 0 Å². The molecule has 6 rings (SSSR count). The summed E-state index contributed by atoms with van der Waals surface area (Å²) in [7, 11) is 0. The van der Waals surface area contributed by atoms with E-state index >= 15 is 0 Å². The highest BCUT2D eigenvalue weighted by Crippen LogP contribution is 2.35. The van der Waals surface area contributed by atoms with Crippen LogP contribution in [0.2, 0.25) is 0 Å². The Bertz CT molecular complexity index is 961. The zero-order valence-corrected chi connectivity index (χ0v) is 19.1. The van der Waals surface area contributed by atoms with Crippen LogP contribution in [-0.2, 0) is 22.7 Å². The predicted molar refractivity (Wildman–Crippen MR) is 122 cm³/mol. The van der Waals surface area contributed by atoms with Crippen LogP contribution in [0.15, 0.2) is 18.2 Å². The Balaban J connectivity index is 1.12. The number of imide groups is 1. The smallest absolute Gasteiger partial charge is 0.255 e. The lowest BCUT2D eigenvalue weighted by atomic mass is 10.00. The maximum Gasteiger partial charge on any atom is 0.255 e. The summed E-state index contributed by atoms with van der Waals surface area (Å²) in [5, 5.41) is 5.87. The Hall–Kier alpha value is -2.29. The first-order valence-corrected chi connectivity index (χ1v) is 12.5. The predicted octanol–water partition coefficient (Wildman–Crippen LogP) is 0.848. The fourth-order valence-corrected chi connectivity index (χ4v) is 6.84. The zero-order valence-electron chi connectivity index (χ0n) is 19.1. The molecule has 5 heterocycles. The minimum atomic E-state index is -0.551. The number of fused-ring (bicyclic) bond motifs is 3. The third kappa shape index (κ3) is 3.88. The molecule has 8 heteroatoms. The van der Waals surface area contributed by atoms with E-state index in [1.807, 2.05) is 6.07 Å². The SMILES string of the molecule is O=C1CCC(N2Cc3cc(CN4CC5CCC(C4)N5C4CCNCC4)ccc3C2=O)C(=O)N1. The van der Waals surface area contributed by atoms with Gasteiger partial charge >= 0.3 is 0 Å². The number of likely N-dealkylation sites (tertiary alicyclic amines) is 1. The highest BCUT2D eigenvalue weighted by Gasteiger charge is 2.43. The number of hydrogen-bond acceptors (Lipinski definition) is 6. The van der Waals surface area contributed by atoms with Gasteiger partial charge < -0.3 is 10.2 Å². The minimum Gasteiger partial charge on any atom is -0.322 e. The second-order valence-electron chi connectivity index (χ2n) is 10.4. The third-order valence-corrected chi connectivity index (χ3v) is 8.34. The van der Waals surface area contributed by atoms with Crippen LogP contribution >= 0.6 is 0 Å². The van der Waals surface area contributed by atoms with Gasteiger partial charge in [-0.3, -0.25) is 29.5 Å². The molecular formula is C25H33N5O3. The summed E-state index contributed by atoms with van der Waals surface area (Å²) in [6, 6.07) is 7.70. The van der Waals surface area contributed by atoms with Crippen molar-refractivity contribution in [1.29, 1.82) is 0 Å². The molecule has 1 aromatic rings. The van der Waals surface area contributed by atoms with E-state index in [4.69, 9.17) is 0 Å². The monoisotopic (exact) mass is 451 g/mol. The van der Waals surface area contributed by atoms with E-state index in [9.17, 15) is 14.4 Å². The first-order valence-electron chi connectivity index (χ1n) is 12.5. The van der Waals surface area contributed by atoms with Gasteiger partial charge in [0.25, 0.3) is 5.91 Å². The summed E-state index contributed by atoms with van der Waals surface area (Å²) < 4.78 is 0. The van der Waals surface area contributed by atoms with Gasteiger partial charge in [0.15, 0.2) is 0 Å². The van der Waals surface area contributed by atoms with Gasteiger partial charge in [-0.1, -0.05) is 12.1 Å². The minimum absolute atomic E-state index is 0.0975. The standard InChI is InChI=1S/C25H33N5O3/c31-23-6-5-22(24(32)27-23)29-13-17-11-16(1-4-21(17)25(29)33)12-28-14-19-2-3-20(15-28)30(19)18-7-9-26-10-8-18/h1,4,11,18-20,22,26H,2-3,5-10,12-15H2,(H,27,31,32). The molecule has 3 atom stereocenters. The van der Waals surface area contributed by atoms with E-state index in [0.29, 0.717) is 30.6 Å². The van der Waals surface area contributed by atoms with Crippen molar-refractivity contribution in [2.24, 2.45) is 0 Å². The number of carbonyl (C=O) groups is 3. The molecule has 0 radical (unpaired) electrons. The van der Waals surface area contributed by atoms with Crippen molar-refractivity contribution < 1.29 is 14.4 Å². The number of amides is 3. The van der Waals surface area contributed by atoms with E-state index in [0.717, 1.165) is 44.3 Å².